The second-order valence-corrected chi connectivity index (χ2v) is 2.43. The Labute approximate surface area is 74.9 Å². The number of rotatable bonds is 2. The molecule has 5 nitrogen and oxygen atoms in total. The molecular weight excluding hydrogens is 170 g/mol. The van der Waals surface area contributed by atoms with Gasteiger partial charge >= 0.3 is 0 Å². The molecule has 3 N–H and O–H groups in total. The largest absolute Gasteiger partial charge is 0.294 e. The van der Waals surface area contributed by atoms with Crippen molar-refractivity contribution in [3.8, 4) is 0 Å². The average Bonchev–Trinajstić information content (AvgIpc) is 2.16. The SMILES string of the molecule is CC(=O)c1cccnc1C(=O)NN. The van der Waals surface area contributed by atoms with Crippen molar-refractivity contribution in [1.82, 2.24) is 10.4 Å². The molecule has 0 saturated carbocycles. The molecule has 1 amide bonds. The Hall–Kier alpha value is -1.75. The van der Waals surface area contributed by atoms with E-state index in [2.05, 4.69) is 4.98 Å². The van der Waals surface area contributed by atoms with Crippen LogP contribution in [0.25, 0.3) is 0 Å². The molecule has 68 valence electrons. The van der Waals surface area contributed by atoms with Crippen LogP contribution >= 0.6 is 0 Å². The Kier molecular flexibility index (Phi) is 2.71. The Balaban J connectivity index is 3.19. The molecule has 0 aliphatic heterocycles. The van der Waals surface area contributed by atoms with Gasteiger partial charge in [-0.15, -0.1) is 0 Å². The number of Topliss-reactive ketones (excluding diaryl/α,β-unsaturated/α-hetero) is 1. The number of nitrogens with zero attached hydrogens (tertiary/aromatic N) is 1. The van der Waals surface area contributed by atoms with Crippen LogP contribution in [0.4, 0.5) is 0 Å². The molecule has 0 aromatic carbocycles. The first-order chi connectivity index (χ1) is 6.16. The number of aromatic nitrogens is 1. The van der Waals surface area contributed by atoms with Crippen LogP contribution in [0.5, 0.6) is 0 Å². The summed E-state index contributed by atoms with van der Waals surface area (Å²) in [7, 11) is 0. The van der Waals surface area contributed by atoms with Crippen LogP contribution in [0.15, 0.2) is 18.3 Å². The molecule has 1 aromatic heterocycles. The van der Waals surface area contributed by atoms with Crippen LogP contribution in [0, 0.1) is 0 Å². The lowest BCUT2D eigenvalue weighted by Crippen LogP contribution is -2.32. The molecule has 0 aliphatic rings. The molecule has 0 saturated heterocycles. The van der Waals surface area contributed by atoms with Crippen molar-refractivity contribution in [3.05, 3.63) is 29.6 Å². The molecule has 13 heavy (non-hydrogen) atoms. The van der Waals surface area contributed by atoms with Gasteiger partial charge in [0, 0.05) is 11.8 Å². The topological polar surface area (TPSA) is 85.1 Å². The molecule has 5 heteroatoms. The van der Waals surface area contributed by atoms with E-state index in [0.29, 0.717) is 0 Å². The van der Waals surface area contributed by atoms with Crippen molar-refractivity contribution >= 4 is 11.7 Å². The monoisotopic (exact) mass is 179 g/mol. The van der Waals surface area contributed by atoms with Gasteiger partial charge in [-0.3, -0.25) is 20.0 Å². The summed E-state index contributed by atoms with van der Waals surface area (Å²) in [6, 6.07) is 3.12. The van der Waals surface area contributed by atoms with E-state index in [-0.39, 0.29) is 17.0 Å². The first-order valence-corrected chi connectivity index (χ1v) is 3.63. The number of hydrogen-bond acceptors (Lipinski definition) is 4. The van der Waals surface area contributed by atoms with E-state index in [0.717, 1.165) is 0 Å². The maximum Gasteiger partial charge on any atom is 0.284 e. The lowest BCUT2D eigenvalue weighted by Gasteiger charge is -2.02. The van der Waals surface area contributed by atoms with Crippen molar-refractivity contribution in [2.45, 2.75) is 6.92 Å². The van der Waals surface area contributed by atoms with Crippen LogP contribution in [-0.4, -0.2) is 16.7 Å². The lowest BCUT2D eigenvalue weighted by molar-refractivity contribution is 0.0933. The minimum Gasteiger partial charge on any atom is -0.294 e. The molecule has 0 atom stereocenters. The van der Waals surface area contributed by atoms with Crippen molar-refractivity contribution in [1.29, 1.82) is 0 Å². The van der Waals surface area contributed by atoms with Crippen LogP contribution in [-0.2, 0) is 0 Å². The fourth-order valence-corrected chi connectivity index (χ4v) is 0.939. The molecule has 0 spiro atoms. The number of carbonyl (C=O) groups is 2. The Morgan fingerprint density at radius 1 is 1.54 bits per heavy atom. The van der Waals surface area contributed by atoms with E-state index in [1.54, 1.807) is 6.07 Å². The fraction of sp³-hybridized carbons (Fsp3) is 0.125. The number of nitrogens with one attached hydrogen (secondary N) is 1. The third kappa shape index (κ3) is 1.88. The molecule has 1 rings (SSSR count). The number of nitrogens with two attached hydrogens (primary N) is 1. The standard InChI is InChI=1S/C8H9N3O2/c1-5(12)6-3-2-4-10-7(6)8(13)11-9/h2-4H,9H2,1H3,(H,11,13). The summed E-state index contributed by atoms with van der Waals surface area (Å²) in [6.45, 7) is 1.37. The van der Waals surface area contributed by atoms with Gasteiger partial charge in [-0.25, -0.2) is 5.84 Å². The van der Waals surface area contributed by atoms with Gasteiger partial charge < -0.3 is 0 Å². The smallest absolute Gasteiger partial charge is 0.284 e. The lowest BCUT2D eigenvalue weighted by atomic mass is 10.1. The predicted molar refractivity (Wildman–Crippen MR) is 45.9 cm³/mol. The third-order valence-corrected chi connectivity index (χ3v) is 1.53. The van der Waals surface area contributed by atoms with Gasteiger partial charge in [0.1, 0.15) is 5.69 Å². The highest BCUT2D eigenvalue weighted by Gasteiger charge is 2.13. The van der Waals surface area contributed by atoms with Crippen LogP contribution in [0.2, 0.25) is 0 Å². The van der Waals surface area contributed by atoms with E-state index in [9.17, 15) is 9.59 Å². The highest BCUT2D eigenvalue weighted by molar-refractivity contribution is 6.05. The number of ketones is 1. The first kappa shape index (κ1) is 9.34. The van der Waals surface area contributed by atoms with Crippen LogP contribution in [0.1, 0.15) is 27.8 Å². The second kappa shape index (κ2) is 3.77. The zero-order valence-corrected chi connectivity index (χ0v) is 7.07. The summed E-state index contributed by atoms with van der Waals surface area (Å²) >= 11 is 0. The molecule has 1 aromatic rings. The Bertz CT molecular complexity index is 349. The maximum absolute atomic E-state index is 11.1. The molecule has 0 aliphatic carbocycles. The predicted octanol–water partition coefficient (Wildman–Crippen LogP) is -0.112. The molecule has 1 heterocycles. The highest BCUT2D eigenvalue weighted by atomic mass is 16.2. The summed E-state index contributed by atoms with van der Waals surface area (Å²) in [6.07, 6.45) is 1.43. The van der Waals surface area contributed by atoms with Crippen LogP contribution in [0.3, 0.4) is 0 Å². The minimum atomic E-state index is -0.564. The minimum absolute atomic E-state index is 0.0532. The quantitative estimate of drug-likeness (QED) is 0.287. The molecule has 0 radical (unpaired) electrons. The number of amides is 1. The van der Waals surface area contributed by atoms with E-state index >= 15 is 0 Å². The summed E-state index contributed by atoms with van der Waals surface area (Å²) in [5.74, 6) is 4.14. The van der Waals surface area contributed by atoms with E-state index in [4.69, 9.17) is 5.84 Å². The number of carbonyl (C=O) groups excluding carboxylic acids is 2. The van der Waals surface area contributed by atoms with Gasteiger partial charge in [0.25, 0.3) is 5.91 Å². The Morgan fingerprint density at radius 3 is 2.77 bits per heavy atom. The first-order valence-electron chi connectivity index (χ1n) is 3.63. The van der Waals surface area contributed by atoms with E-state index in [1.165, 1.54) is 19.2 Å². The number of pyridine rings is 1. The van der Waals surface area contributed by atoms with Gasteiger partial charge in [-0.2, -0.15) is 0 Å². The zero-order chi connectivity index (χ0) is 9.84. The van der Waals surface area contributed by atoms with Gasteiger partial charge in [0.2, 0.25) is 0 Å². The van der Waals surface area contributed by atoms with Gasteiger partial charge in [-0.1, -0.05) is 0 Å². The van der Waals surface area contributed by atoms with Crippen molar-refractivity contribution in [3.63, 3.8) is 0 Å². The van der Waals surface area contributed by atoms with Crippen molar-refractivity contribution in [2.75, 3.05) is 0 Å². The number of nitrogen functional groups attached to an aromatic ring is 1. The molecular formula is C8H9N3O2. The zero-order valence-electron chi connectivity index (χ0n) is 7.07. The van der Waals surface area contributed by atoms with Crippen molar-refractivity contribution < 1.29 is 9.59 Å². The Morgan fingerprint density at radius 2 is 2.23 bits per heavy atom. The van der Waals surface area contributed by atoms with E-state index < -0.39 is 5.91 Å². The van der Waals surface area contributed by atoms with Gasteiger partial charge in [0.15, 0.2) is 5.78 Å². The summed E-state index contributed by atoms with van der Waals surface area (Å²) in [5.41, 5.74) is 2.25. The van der Waals surface area contributed by atoms with Crippen molar-refractivity contribution in [2.24, 2.45) is 5.84 Å². The summed E-state index contributed by atoms with van der Waals surface area (Å²) < 4.78 is 0. The van der Waals surface area contributed by atoms with E-state index in [1.807, 2.05) is 5.43 Å². The van der Waals surface area contributed by atoms with Gasteiger partial charge in [-0.05, 0) is 19.1 Å². The second-order valence-electron chi connectivity index (χ2n) is 2.43. The third-order valence-electron chi connectivity index (χ3n) is 1.53. The van der Waals surface area contributed by atoms with Crippen LogP contribution < -0.4 is 11.3 Å². The molecule has 0 fully saturated rings. The van der Waals surface area contributed by atoms with Gasteiger partial charge in [0.05, 0.1) is 0 Å². The number of hydrazine groups is 1. The fourth-order valence-electron chi connectivity index (χ4n) is 0.939. The number of hydrogen-bond donors (Lipinski definition) is 2. The molecule has 0 bridgehead atoms. The summed E-state index contributed by atoms with van der Waals surface area (Å²) in [5, 5.41) is 0. The summed E-state index contributed by atoms with van der Waals surface area (Å²) in [4.78, 5) is 25.9. The average molecular weight is 179 g/mol. The maximum atomic E-state index is 11.1. The highest BCUT2D eigenvalue weighted by Crippen LogP contribution is 2.05. The molecule has 0 unspecified atom stereocenters. The normalized spacial score (nSPS) is 9.38.